The number of para-hydroxylation sites is 2. The smallest absolute Gasteiger partial charge is 0.343 e. The monoisotopic (exact) mass is 456 g/mol. The zero-order valence-corrected chi connectivity index (χ0v) is 18.3. The number of anilines is 1. The van der Waals surface area contributed by atoms with Gasteiger partial charge >= 0.3 is 5.97 Å². The summed E-state index contributed by atoms with van der Waals surface area (Å²) < 4.78 is 20.7. The Kier molecular flexibility index (Phi) is 6.41. The number of nitrogens with zero attached hydrogens (tertiary/aromatic N) is 4. The third-order valence-corrected chi connectivity index (χ3v) is 5.71. The first-order valence-electron chi connectivity index (χ1n) is 10.2. The number of aryl methyl sites for hydroxylation is 1. The van der Waals surface area contributed by atoms with Crippen molar-refractivity contribution in [1.29, 1.82) is 0 Å². The second-order valence-corrected chi connectivity index (χ2v) is 7.75. The fraction of sp³-hybridized carbons (Fsp3) is 0.261. The number of benzene rings is 2. The van der Waals surface area contributed by atoms with Gasteiger partial charge in [0.1, 0.15) is 16.5 Å². The summed E-state index contributed by atoms with van der Waals surface area (Å²) in [6.45, 7) is 3.08. The van der Waals surface area contributed by atoms with Crippen LogP contribution < -0.4 is 4.90 Å². The summed E-state index contributed by atoms with van der Waals surface area (Å²) in [4.78, 5) is 28.7. The minimum atomic E-state index is -0.701. The predicted octanol–water partition coefficient (Wildman–Crippen LogP) is 3.48. The van der Waals surface area contributed by atoms with Gasteiger partial charge in [-0.3, -0.25) is 4.79 Å². The Labute approximate surface area is 189 Å². The molecular weight excluding hydrogens is 435 g/mol. The molecule has 1 fully saturated rings. The van der Waals surface area contributed by atoms with Crippen LogP contribution in [-0.4, -0.2) is 59.3 Å². The molecule has 0 atom stereocenters. The maximum atomic E-state index is 14.0. The molecule has 3 aromatic rings. The van der Waals surface area contributed by atoms with E-state index < -0.39 is 12.6 Å². The Morgan fingerprint density at radius 1 is 1.03 bits per heavy atom. The molecule has 2 aromatic carbocycles. The van der Waals surface area contributed by atoms with Crippen molar-refractivity contribution in [1.82, 2.24) is 14.7 Å². The van der Waals surface area contributed by atoms with E-state index in [-0.39, 0.29) is 22.4 Å². The Morgan fingerprint density at radius 3 is 2.38 bits per heavy atom. The SMILES string of the molecule is Cc1nn(-c2ccccc2)c(Cl)c1C(=O)OCC(=O)N1CCN(c2ccccc2F)CC1. The molecule has 9 heteroatoms. The summed E-state index contributed by atoms with van der Waals surface area (Å²) in [5.41, 5.74) is 1.78. The quantitative estimate of drug-likeness (QED) is 0.550. The number of esters is 1. The highest BCUT2D eigenvalue weighted by atomic mass is 35.5. The van der Waals surface area contributed by atoms with Gasteiger partial charge in [-0.05, 0) is 31.2 Å². The minimum absolute atomic E-state index is 0.129. The maximum absolute atomic E-state index is 14.0. The molecule has 1 aromatic heterocycles. The van der Waals surface area contributed by atoms with Gasteiger partial charge in [0.05, 0.1) is 17.1 Å². The van der Waals surface area contributed by atoms with E-state index in [0.29, 0.717) is 43.2 Å². The molecule has 0 spiro atoms. The number of halogens is 2. The van der Waals surface area contributed by atoms with Crippen molar-refractivity contribution in [3.8, 4) is 5.69 Å². The molecule has 0 aliphatic carbocycles. The second-order valence-electron chi connectivity index (χ2n) is 7.39. The standard InChI is InChI=1S/C23H22ClFN4O3/c1-16-21(22(24)29(26-16)17-7-3-2-4-8-17)23(31)32-15-20(30)28-13-11-27(12-14-28)19-10-6-5-9-18(19)25/h2-10H,11-15H2,1H3. The largest absolute Gasteiger partial charge is 0.452 e. The summed E-state index contributed by atoms with van der Waals surface area (Å²) in [6, 6.07) is 15.7. The number of hydrogen-bond donors (Lipinski definition) is 0. The molecule has 32 heavy (non-hydrogen) atoms. The van der Waals surface area contributed by atoms with Gasteiger partial charge in [0, 0.05) is 26.2 Å². The first-order valence-corrected chi connectivity index (χ1v) is 10.6. The van der Waals surface area contributed by atoms with Crippen molar-refractivity contribution in [2.45, 2.75) is 6.92 Å². The van der Waals surface area contributed by atoms with Crippen LogP contribution in [0, 0.1) is 12.7 Å². The van der Waals surface area contributed by atoms with E-state index in [4.69, 9.17) is 16.3 Å². The molecule has 1 amide bonds. The summed E-state index contributed by atoms with van der Waals surface area (Å²) in [7, 11) is 0. The summed E-state index contributed by atoms with van der Waals surface area (Å²) in [5, 5.41) is 4.44. The number of aromatic nitrogens is 2. The van der Waals surface area contributed by atoms with Gasteiger partial charge in [0.25, 0.3) is 5.91 Å². The van der Waals surface area contributed by atoms with Crippen LogP contribution in [0.3, 0.4) is 0 Å². The summed E-state index contributed by atoms with van der Waals surface area (Å²) in [5.74, 6) is -1.30. The molecule has 0 radical (unpaired) electrons. The van der Waals surface area contributed by atoms with Crippen LogP contribution in [0.25, 0.3) is 5.69 Å². The van der Waals surface area contributed by atoms with Crippen molar-refractivity contribution in [3.05, 3.63) is 76.8 Å². The Balaban J connectivity index is 1.35. The molecule has 166 valence electrons. The molecular formula is C23H22ClFN4O3. The lowest BCUT2D eigenvalue weighted by Crippen LogP contribution is -2.50. The molecule has 4 rings (SSSR count). The second kappa shape index (κ2) is 9.40. The molecule has 0 N–H and O–H groups in total. The third-order valence-electron chi connectivity index (χ3n) is 5.36. The van der Waals surface area contributed by atoms with Crippen molar-refractivity contribution >= 4 is 29.2 Å². The Hall–Kier alpha value is -3.39. The van der Waals surface area contributed by atoms with Crippen LogP contribution in [0.15, 0.2) is 54.6 Å². The number of amides is 1. The lowest BCUT2D eigenvalue weighted by Gasteiger charge is -2.36. The fourth-order valence-corrected chi connectivity index (χ4v) is 4.02. The number of ether oxygens (including phenoxy) is 1. The van der Waals surface area contributed by atoms with E-state index in [1.165, 1.54) is 10.7 Å². The normalized spacial score (nSPS) is 13.8. The molecule has 2 heterocycles. The van der Waals surface area contributed by atoms with Crippen LogP contribution in [0.1, 0.15) is 16.1 Å². The van der Waals surface area contributed by atoms with Crippen molar-refractivity contribution in [3.63, 3.8) is 0 Å². The number of hydrogen-bond acceptors (Lipinski definition) is 5. The van der Waals surface area contributed by atoms with Gasteiger partial charge in [0.15, 0.2) is 6.61 Å². The van der Waals surface area contributed by atoms with Crippen LogP contribution in [-0.2, 0) is 9.53 Å². The van der Waals surface area contributed by atoms with Crippen LogP contribution >= 0.6 is 11.6 Å². The fourth-order valence-electron chi connectivity index (χ4n) is 3.67. The number of piperazine rings is 1. The number of carbonyl (C=O) groups is 2. The van der Waals surface area contributed by atoms with Gasteiger partial charge in [-0.1, -0.05) is 41.9 Å². The Morgan fingerprint density at radius 2 is 1.69 bits per heavy atom. The van der Waals surface area contributed by atoms with E-state index in [2.05, 4.69) is 5.10 Å². The average Bonchev–Trinajstić information content (AvgIpc) is 3.12. The van der Waals surface area contributed by atoms with Crippen molar-refractivity contribution in [2.75, 3.05) is 37.7 Å². The average molecular weight is 457 g/mol. The molecule has 1 aliphatic heterocycles. The first-order chi connectivity index (χ1) is 15.5. The van der Waals surface area contributed by atoms with Gasteiger partial charge in [-0.25, -0.2) is 13.9 Å². The highest BCUT2D eigenvalue weighted by Crippen LogP contribution is 2.24. The minimum Gasteiger partial charge on any atom is -0.452 e. The predicted molar refractivity (Wildman–Crippen MR) is 119 cm³/mol. The van der Waals surface area contributed by atoms with Crippen LogP contribution in [0.2, 0.25) is 5.15 Å². The summed E-state index contributed by atoms with van der Waals surface area (Å²) >= 11 is 6.38. The van der Waals surface area contributed by atoms with E-state index >= 15 is 0 Å². The van der Waals surface area contributed by atoms with Gasteiger partial charge in [-0.2, -0.15) is 5.10 Å². The van der Waals surface area contributed by atoms with E-state index in [9.17, 15) is 14.0 Å². The highest BCUT2D eigenvalue weighted by Gasteiger charge is 2.26. The van der Waals surface area contributed by atoms with E-state index in [1.807, 2.05) is 35.2 Å². The van der Waals surface area contributed by atoms with Gasteiger partial charge < -0.3 is 14.5 Å². The van der Waals surface area contributed by atoms with Gasteiger partial charge in [-0.15, -0.1) is 0 Å². The van der Waals surface area contributed by atoms with Crippen LogP contribution in [0.4, 0.5) is 10.1 Å². The zero-order valence-electron chi connectivity index (χ0n) is 17.5. The molecule has 0 unspecified atom stereocenters. The van der Waals surface area contributed by atoms with Crippen molar-refractivity contribution in [2.24, 2.45) is 0 Å². The number of carbonyl (C=O) groups excluding carboxylic acids is 2. The molecule has 0 saturated carbocycles. The highest BCUT2D eigenvalue weighted by molar-refractivity contribution is 6.33. The molecule has 1 aliphatic rings. The molecule has 0 bridgehead atoms. The molecule has 1 saturated heterocycles. The molecule has 7 nitrogen and oxygen atoms in total. The van der Waals surface area contributed by atoms with Gasteiger partial charge in [0.2, 0.25) is 0 Å². The zero-order chi connectivity index (χ0) is 22.7. The lowest BCUT2D eigenvalue weighted by molar-refractivity contribution is -0.134. The maximum Gasteiger partial charge on any atom is 0.343 e. The first kappa shape index (κ1) is 21.8. The number of rotatable bonds is 5. The van der Waals surface area contributed by atoms with Crippen molar-refractivity contribution < 1.29 is 18.7 Å². The lowest BCUT2D eigenvalue weighted by atomic mass is 10.2. The van der Waals surface area contributed by atoms with E-state index in [0.717, 1.165) is 0 Å². The topological polar surface area (TPSA) is 67.7 Å². The third kappa shape index (κ3) is 4.45. The summed E-state index contributed by atoms with van der Waals surface area (Å²) in [6.07, 6.45) is 0. The Bertz CT molecular complexity index is 1130. The van der Waals surface area contributed by atoms with E-state index in [1.54, 1.807) is 30.0 Å². The van der Waals surface area contributed by atoms with Crippen LogP contribution in [0.5, 0.6) is 0 Å².